The van der Waals surface area contributed by atoms with Crippen LogP contribution in [0.15, 0.2) is 18.2 Å². The van der Waals surface area contributed by atoms with Crippen molar-refractivity contribution in [1.82, 2.24) is 9.88 Å². The second-order valence-electron chi connectivity index (χ2n) is 5.69. The van der Waals surface area contributed by atoms with E-state index in [0.29, 0.717) is 5.92 Å². The van der Waals surface area contributed by atoms with E-state index in [0.717, 1.165) is 32.2 Å². The van der Waals surface area contributed by atoms with Crippen molar-refractivity contribution in [3.05, 3.63) is 29.6 Å². The lowest BCUT2D eigenvalue weighted by atomic mass is 9.95. The van der Waals surface area contributed by atoms with Crippen molar-refractivity contribution < 1.29 is 14.7 Å². The van der Waals surface area contributed by atoms with Gasteiger partial charge in [-0.3, -0.25) is 4.79 Å². The molecule has 1 fully saturated rings. The third-order valence-electron chi connectivity index (χ3n) is 4.15. The van der Waals surface area contributed by atoms with Crippen LogP contribution in [-0.4, -0.2) is 39.5 Å². The van der Waals surface area contributed by atoms with Gasteiger partial charge in [-0.05, 0) is 37.3 Å². The molecule has 1 N–H and O–H groups in total. The summed E-state index contributed by atoms with van der Waals surface area (Å²) >= 11 is 0. The molecular formula is C16H22N2O3. The highest BCUT2D eigenvalue weighted by Crippen LogP contribution is 2.28. The molecule has 1 amide bonds. The fourth-order valence-corrected chi connectivity index (χ4v) is 3.10. The van der Waals surface area contributed by atoms with Gasteiger partial charge in [0.05, 0.1) is 0 Å². The summed E-state index contributed by atoms with van der Waals surface area (Å²) in [7, 11) is 0. The molecule has 21 heavy (non-hydrogen) atoms. The van der Waals surface area contributed by atoms with Gasteiger partial charge in [-0.2, -0.15) is 0 Å². The summed E-state index contributed by atoms with van der Waals surface area (Å²) in [5.41, 5.74) is 0.142. The summed E-state index contributed by atoms with van der Waals surface area (Å²) in [5.74, 6) is -0.797. The number of hydrogen-bond acceptors (Lipinski definition) is 3. The molecule has 1 aromatic rings. The maximum absolute atomic E-state index is 12.6. The lowest BCUT2D eigenvalue weighted by Crippen LogP contribution is -2.39. The predicted molar refractivity (Wildman–Crippen MR) is 79.3 cm³/mol. The summed E-state index contributed by atoms with van der Waals surface area (Å²) < 4.78 is 0. The van der Waals surface area contributed by atoms with Gasteiger partial charge in [0.15, 0.2) is 0 Å². The van der Waals surface area contributed by atoms with Crippen LogP contribution in [0.25, 0.3) is 0 Å². The lowest BCUT2D eigenvalue weighted by Gasteiger charge is -2.29. The van der Waals surface area contributed by atoms with E-state index in [1.165, 1.54) is 6.07 Å². The van der Waals surface area contributed by atoms with Crippen molar-refractivity contribution in [3.8, 4) is 0 Å². The van der Waals surface area contributed by atoms with E-state index in [4.69, 9.17) is 5.11 Å². The van der Waals surface area contributed by atoms with Crippen LogP contribution in [0.4, 0.5) is 0 Å². The Morgan fingerprint density at radius 3 is 2.81 bits per heavy atom. The van der Waals surface area contributed by atoms with Gasteiger partial charge in [-0.1, -0.05) is 26.3 Å². The summed E-state index contributed by atoms with van der Waals surface area (Å²) in [6.07, 6.45) is 4.22. The first kappa shape index (κ1) is 15.5. The molecule has 2 rings (SSSR count). The van der Waals surface area contributed by atoms with E-state index in [1.54, 1.807) is 12.1 Å². The molecule has 1 aliphatic rings. The molecule has 0 aromatic carbocycles. The number of carboxylic acid groups (broad SMARTS) is 1. The van der Waals surface area contributed by atoms with Gasteiger partial charge in [0.25, 0.3) is 5.91 Å². The zero-order valence-electron chi connectivity index (χ0n) is 12.6. The largest absolute Gasteiger partial charge is 0.477 e. The van der Waals surface area contributed by atoms with Crippen LogP contribution < -0.4 is 0 Å². The first-order chi connectivity index (χ1) is 10.0. The molecule has 0 saturated carbocycles. The number of rotatable bonds is 5. The van der Waals surface area contributed by atoms with E-state index >= 15 is 0 Å². The Balaban J connectivity index is 2.18. The fraction of sp³-hybridized carbons (Fsp3) is 0.562. The van der Waals surface area contributed by atoms with Crippen molar-refractivity contribution in [3.63, 3.8) is 0 Å². The number of carbonyl (C=O) groups is 2. The SMILES string of the molecule is CCCC(C)C1CCCN1C(=O)c1cccc(C(=O)O)n1. The zero-order valence-corrected chi connectivity index (χ0v) is 12.6. The van der Waals surface area contributed by atoms with Crippen molar-refractivity contribution in [2.45, 2.75) is 45.6 Å². The third-order valence-corrected chi connectivity index (χ3v) is 4.15. The minimum atomic E-state index is -1.11. The van der Waals surface area contributed by atoms with Crippen LogP contribution in [0.2, 0.25) is 0 Å². The summed E-state index contributed by atoms with van der Waals surface area (Å²) in [5, 5.41) is 8.98. The Morgan fingerprint density at radius 2 is 2.14 bits per heavy atom. The van der Waals surface area contributed by atoms with Crippen LogP contribution in [-0.2, 0) is 0 Å². The second kappa shape index (κ2) is 6.70. The van der Waals surface area contributed by atoms with Crippen LogP contribution in [0, 0.1) is 5.92 Å². The normalized spacial score (nSPS) is 19.5. The average Bonchev–Trinajstić information content (AvgIpc) is 2.96. The van der Waals surface area contributed by atoms with Crippen molar-refractivity contribution in [2.24, 2.45) is 5.92 Å². The minimum absolute atomic E-state index is 0.0850. The molecule has 1 saturated heterocycles. The van der Waals surface area contributed by atoms with Crippen molar-refractivity contribution in [1.29, 1.82) is 0 Å². The highest BCUT2D eigenvalue weighted by atomic mass is 16.4. The number of aromatic carboxylic acids is 1. The molecule has 0 aliphatic carbocycles. The maximum atomic E-state index is 12.6. The van der Waals surface area contributed by atoms with Crippen LogP contribution in [0.5, 0.6) is 0 Å². The number of pyridine rings is 1. The highest BCUT2D eigenvalue weighted by molar-refractivity contribution is 5.94. The number of carboxylic acids is 1. The molecule has 2 heterocycles. The number of hydrogen-bond donors (Lipinski definition) is 1. The number of nitrogens with zero attached hydrogens (tertiary/aromatic N) is 2. The summed E-state index contributed by atoms with van der Waals surface area (Å²) in [4.78, 5) is 29.4. The fourth-order valence-electron chi connectivity index (χ4n) is 3.10. The van der Waals surface area contributed by atoms with E-state index in [1.807, 2.05) is 4.90 Å². The topological polar surface area (TPSA) is 70.5 Å². The maximum Gasteiger partial charge on any atom is 0.354 e. The first-order valence-corrected chi connectivity index (χ1v) is 7.56. The minimum Gasteiger partial charge on any atom is -0.477 e. The Bertz CT molecular complexity index is 530. The highest BCUT2D eigenvalue weighted by Gasteiger charge is 2.33. The number of carbonyl (C=O) groups excluding carboxylic acids is 1. The number of amides is 1. The van der Waals surface area contributed by atoms with Gasteiger partial charge in [0, 0.05) is 12.6 Å². The Hall–Kier alpha value is -1.91. The molecular weight excluding hydrogens is 268 g/mol. The van der Waals surface area contributed by atoms with Crippen LogP contribution >= 0.6 is 0 Å². The molecule has 2 unspecified atom stereocenters. The van der Waals surface area contributed by atoms with Gasteiger partial charge in [0.1, 0.15) is 11.4 Å². The summed E-state index contributed by atoms with van der Waals surface area (Å²) in [6.45, 7) is 5.06. The smallest absolute Gasteiger partial charge is 0.354 e. The lowest BCUT2D eigenvalue weighted by molar-refractivity contribution is 0.0679. The molecule has 0 radical (unpaired) electrons. The average molecular weight is 290 g/mol. The first-order valence-electron chi connectivity index (χ1n) is 7.56. The Kier molecular flexibility index (Phi) is 4.94. The second-order valence-corrected chi connectivity index (χ2v) is 5.69. The van der Waals surface area contributed by atoms with Crippen LogP contribution in [0.3, 0.4) is 0 Å². The third kappa shape index (κ3) is 3.40. The van der Waals surface area contributed by atoms with Gasteiger partial charge in [0.2, 0.25) is 0 Å². The van der Waals surface area contributed by atoms with E-state index in [-0.39, 0.29) is 23.3 Å². The molecule has 0 bridgehead atoms. The zero-order chi connectivity index (χ0) is 15.4. The van der Waals surface area contributed by atoms with Gasteiger partial charge >= 0.3 is 5.97 Å². The molecule has 114 valence electrons. The Labute approximate surface area is 125 Å². The van der Waals surface area contributed by atoms with Crippen LogP contribution in [0.1, 0.15) is 60.5 Å². The monoisotopic (exact) mass is 290 g/mol. The summed E-state index contributed by atoms with van der Waals surface area (Å²) in [6, 6.07) is 4.81. The molecule has 2 atom stereocenters. The van der Waals surface area contributed by atoms with E-state index in [9.17, 15) is 9.59 Å². The van der Waals surface area contributed by atoms with Gasteiger partial charge < -0.3 is 10.0 Å². The number of likely N-dealkylation sites (tertiary alicyclic amines) is 1. The standard InChI is InChI=1S/C16H22N2O3/c1-3-6-11(2)14-9-5-10-18(14)15(19)12-7-4-8-13(17-12)16(20)21/h4,7-8,11,14H,3,5-6,9-10H2,1-2H3,(H,20,21). The number of aromatic nitrogens is 1. The van der Waals surface area contributed by atoms with Gasteiger partial charge in [-0.25, -0.2) is 9.78 Å². The van der Waals surface area contributed by atoms with E-state index < -0.39 is 5.97 Å². The Morgan fingerprint density at radius 1 is 1.43 bits per heavy atom. The van der Waals surface area contributed by atoms with Crippen molar-refractivity contribution >= 4 is 11.9 Å². The van der Waals surface area contributed by atoms with Crippen molar-refractivity contribution in [2.75, 3.05) is 6.54 Å². The molecule has 1 aliphatic heterocycles. The predicted octanol–water partition coefficient (Wildman–Crippen LogP) is 2.82. The molecule has 5 nitrogen and oxygen atoms in total. The van der Waals surface area contributed by atoms with E-state index in [2.05, 4.69) is 18.8 Å². The molecule has 1 aromatic heterocycles. The molecule has 5 heteroatoms. The van der Waals surface area contributed by atoms with Gasteiger partial charge in [-0.15, -0.1) is 0 Å². The molecule has 0 spiro atoms. The quantitative estimate of drug-likeness (QED) is 0.905.